The number of anilines is 4. The molecule has 7 rings (SSSR count). The third kappa shape index (κ3) is 8.13. The van der Waals surface area contributed by atoms with Crippen LogP contribution in [0.25, 0.3) is 11.2 Å². The monoisotopic (exact) mass is 773 g/mol. The van der Waals surface area contributed by atoms with Crippen molar-refractivity contribution in [3.63, 3.8) is 0 Å². The van der Waals surface area contributed by atoms with Crippen LogP contribution in [0.3, 0.4) is 0 Å². The molecule has 47 heavy (non-hydrogen) atoms. The van der Waals surface area contributed by atoms with Crippen LogP contribution in [-0.4, -0.2) is 73.7 Å². The smallest absolute Gasteiger partial charge is 0.227 e. The number of nitrogens with two attached hydrogens (primary N) is 2. The lowest BCUT2D eigenvalue weighted by atomic mass is 10.1. The Kier molecular flexibility index (Phi) is 10.1. The standard InChI is InChI=1S/C15H14BrFN6O.C15H17BrFN5O/c16-11-2-1-9(17)7-13(11)24-10-3-5-23(6-4-10)15-18-8-12-14(19-15)21-22-20-12;16-11-2-1-9(17)7-13(11)23-10-3-5-22(6-4-10)15-20-8-12(18)14(19)21-15/h1-2,7-8,10H,3-6H2,(H,18,19,20,21,22);1-2,7-8,10H,3-6,18H2,(H2,19,20,21). The number of nitrogens with zero attached hydrogens (tertiary/aromatic N) is 8. The summed E-state index contributed by atoms with van der Waals surface area (Å²) in [6.45, 7) is 3.00. The highest BCUT2D eigenvalue weighted by Crippen LogP contribution is 2.30. The number of aromatic nitrogens is 7. The normalized spacial score (nSPS) is 15.7. The molecule has 3 aromatic heterocycles. The number of piperidine rings is 2. The van der Waals surface area contributed by atoms with Crippen molar-refractivity contribution in [2.45, 2.75) is 37.9 Å². The molecule has 5 heterocycles. The number of H-pyrrole nitrogens is 1. The van der Waals surface area contributed by atoms with Crippen molar-refractivity contribution in [1.82, 2.24) is 35.3 Å². The quantitative estimate of drug-likeness (QED) is 0.204. The van der Waals surface area contributed by atoms with Gasteiger partial charge in [0.25, 0.3) is 0 Å². The molecular formula is C30H31Br2F2N11O2. The first-order valence-corrected chi connectivity index (χ1v) is 16.4. The Labute approximate surface area is 285 Å². The van der Waals surface area contributed by atoms with E-state index in [1.165, 1.54) is 30.5 Å². The molecule has 5 N–H and O–H groups in total. The van der Waals surface area contributed by atoms with E-state index in [0.717, 1.165) is 60.8 Å². The largest absolute Gasteiger partial charge is 0.489 e. The fourth-order valence-corrected chi connectivity index (χ4v) is 5.87. The summed E-state index contributed by atoms with van der Waals surface area (Å²) in [5.74, 6) is 1.94. The minimum absolute atomic E-state index is 0.0236. The number of nitrogen functional groups attached to an aromatic ring is 2. The average Bonchev–Trinajstić information content (AvgIpc) is 3.55. The second-order valence-corrected chi connectivity index (χ2v) is 12.7. The number of halogens is 4. The van der Waals surface area contributed by atoms with E-state index in [4.69, 9.17) is 20.9 Å². The van der Waals surface area contributed by atoms with E-state index < -0.39 is 0 Å². The van der Waals surface area contributed by atoms with Gasteiger partial charge in [0, 0.05) is 64.0 Å². The minimum atomic E-state index is -0.314. The zero-order valence-corrected chi connectivity index (χ0v) is 28.2. The zero-order chi connectivity index (χ0) is 32.9. The van der Waals surface area contributed by atoms with Crippen molar-refractivity contribution >= 4 is 66.4 Å². The highest BCUT2D eigenvalue weighted by atomic mass is 79.9. The molecule has 2 aliphatic heterocycles. The summed E-state index contributed by atoms with van der Waals surface area (Å²) in [5, 5.41) is 10.5. The van der Waals surface area contributed by atoms with Crippen molar-refractivity contribution in [1.29, 1.82) is 0 Å². The third-order valence-corrected chi connectivity index (χ3v) is 9.03. The van der Waals surface area contributed by atoms with Gasteiger partial charge in [0.05, 0.1) is 27.0 Å². The van der Waals surface area contributed by atoms with Gasteiger partial charge in [0.1, 0.15) is 40.9 Å². The van der Waals surface area contributed by atoms with E-state index in [9.17, 15) is 8.78 Å². The summed E-state index contributed by atoms with van der Waals surface area (Å²) >= 11 is 6.76. The molecule has 2 fully saturated rings. The summed E-state index contributed by atoms with van der Waals surface area (Å²) in [6, 6.07) is 8.88. The third-order valence-electron chi connectivity index (χ3n) is 7.72. The van der Waals surface area contributed by atoms with Gasteiger partial charge in [-0.25, -0.2) is 18.7 Å². The van der Waals surface area contributed by atoms with Gasteiger partial charge in [0.15, 0.2) is 5.82 Å². The van der Waals surface area contributed by atoms with Gasteiger partial charge in [-0.1, -0.05) is 0 Å². The van der Waals surface area contributed by atoms with Crippen LogP contribution in [0.5, 0.6) is 11.5 Å². The number of aromatic amines is 1. The predicted molar refractivity (Wildman–Crippen MR) is 180 cm³/mol. The van der Waals surface area contributed by atoms with Crippen LogP contribution >= 0.6 is 31.9 Å². The molecule has 0 aliphatic carbocycles. The van der Waals surface area contributed by atoms with Gasteiger partial charge in [-0.2, -0.15) is 20.3 Å². The van der Waals surface area contributed by atoms with Crippen LogP contribution in [0.1, 0.15) is 25.7 Å². The molecule has 0 amide bonds. The van der Waals surface area contributed by atoms with E-state index >= 15 is 0 Å². The Balaban J connectivity index is 0.000000165. The first-order chi connectivity index (χ1) is 22.7. The summed E-state index contributed by atoms with van der Waals surface area (Å²) in [6.07, 6.45) is 6.43. The summed E-state index contributed by atoms with van der Waals surface area (Å²) < 4.78 is 40.0. The van der Waals surface area contributed by atoms with E-state index in [2.05, 4.69) is 72.1 Å². The number of hydrogen-bond donors (Lipinski definition) is 3. The maximum atomic E-state index is 13.3. The second-order valence-electron chi connectivity index (χ2n) is 11.0. The molecule has 0 bridgehead atoms. The predicted octanol–water partition coefficient (Wildman–Crippen LogP) is 5.29. The van der Waals surface area contributed by atoms with E-state index in [-0.39, 0.29) is 29.7 Å². The van der Waals surface area contributed by atoms with Crippen LogP contribution in [-0.2, 0) is 0 Å². The van der Waals surface area contributed by atoms with Gasteiger partial charge >= 0.3 is 0 Å². The lowest BCUT2D eigenvalue weighted by molar-refractivity contribution is 0.168. The molecule has 246 valence electrons. The van der Waals surface area contributed by atoms with E-state index in [1.807, 2.05) is 4.90 Å². The molecule has 0 atom stereocenters. The maximum absolute atomic E-state index is 13.3. The molecule has 2 aliphatic rings. The van der Waals surface area contributed by atoms with Crippen molar-refractivity contribution in [2.75, 3.05) is 47.4 Å². The molecule has 17 heteroatoms. The van der Waals surface area contributed by atoms with Crippen LogP contribution in [0, 0.1) is 11.6 Å². The Morgan fingerprint density at radius 1 is 0.723 bits per heavy atom. The summed E-state index contributed by atoms with van der Waals surface area (Å²) in [7, 11) is 0. The molecule has 0 saturated carbocycles. The molecular weight excluding hydrogens is 744 g/mol. The molecule has 2 saturated heterocycles. The summed E-state index contributed by atoms with van der Waals surface area (Å²) in [4.78, 5) is 21.3. The van der Waals surface area contributed by atoms with Gasteiger partial charge in [-0.15, -0.1) is 5.10 Å². The molecule has 5 aromatic rings. The van der Waals surface area contributed by atoms with Gasteiger partial charge in [-0.3, -0.25) is 0 Å². The van der Waals surface area contributed by atoms with E-state index in [0.29, 0.717) is 40.2 Å². The highest BCUT2D eigenvalue weighted by molar-refractivity contribution is 9.10. The van der Waals surface area contributed by atoms with Crippen molar-refractivity contribution < 1.29 is 18.3 Å². The van der Waals surface area contributed by atoms with Crippen LogP contribution < -0.4 is 30.7 Å². The first kappa shape index (κ1) is 32.6. The topological polar surface area (TPSA) is 170 Å². The van der Waals surface area contributed by atoms with Crippen molar-refractivity contribution in [2.24, 2.45) is 0 Å². The Morgan fingerprint density at radius 3 is 1.77 bits per heavy atom. The van der Waals surface area contributed by atoms with Gasteiger partial charge in [0.2, 0.25) is 17.5 Å². The fourth-order valence-electron chi connectivity index (χ4n) is 5.19. The number of benzene rings is 2. The summed E-state index contributed by atoms with van der Waals surface area (Å²) in [5.41, 5.74) is 12.9. The lowest BCUT2D eigenvalue weighted by Crippen LogP contribution is -2.39. The first-order valence-electron chi connectivity index (χ1n) is 14.9. The fraction of sp³-hybridized carbons (Fsp3) is 0.333. The maximum Gasteiger partial charge on any atom is 0.227 e. The SMILES string of the molecule is Fc1ccc(Br)c(OC2CCN(c3ncc4n[nH]nc4n3)CC2)c1.Nc1cnc(N2CCC(Oc3cc(F)ccc3Br)CC2)nc1N. The van der Waals surface area contributed by atoms with Crippen LogP contribution in [0.4, 0.5) is 32.2 Å². The number of fused-ring (bicyclic) bond motifs is 1. The number of rotatable bonds is 6. The molecule has 0 unspecified atom stereocenters. The Bertz CT molecular complexity index is 1830. The number of ether oxygens (including phenoxy) is 2. The number of nitrogens with one attached hydrogen (secondary N) is 1. The van der Waals surface area contributed by atoms with Gasteiger partial charge < -0.3 is 30.7 Å². The van der Waals surface area contributed by atoms with Crippen LogP contribution in [0.2, 0.25) is 0 Å². The highest BCUT2D eigenvalue weighted by Gasteiger charge is 2.25. The lowest BCUT2D eigenvalue weighted by Gasteiger charge is -2.32. The molecule has 0 radical (unpaired) electrons. The van der Waals surface area contributed by atoms with E-state index in [1.54, 1.807) is 18.3 Å². The number of hydrogen-bond acceptors (Lipinski definition) is 12. The average molecular weight is 775 g/mol. The molecule has 2 aromatic carbocycles. The van der Waals surface area contributed by atoms with Gasteiger partial charge in [-0.05, 0) is 56.1 Å². The zero-order valence-electron chi connectivity index (χ0n) is 25.0. The molecule has 13 nitrogen and oxygen atoms in total. The van der Waals surface area contributed by atoms with Crippen LogP contribution in [0.15, 0.2) is 57.7 Å². The van der Waals surface area contributed by atoms with Crippen molar-refractivity contribution in [3.05, 3.63) is 69.4 Å². The minimum Gasteiger partial charge on any atom is -0.489 e. The molecule has 0 spiro atoms. The Hall–Kier alpha value is -4.38. The van der Waals surface area contributed by atoms with Crippen molar-refractivity contribution in [3.8, 4) is 11.5 Å². The Morgan fingerprint density at radius 2 is 1.23 bits per heavy atom. The second kappa shape index (κ2) is 14.6.